The molecular formula is C18H28N4O2. The van der Waals surface area contributed by atoms with Crippen molar-refractivity contribution >= 4 is 17.5 Å². The minimum absolute atomic E-state index is 0.0910. The molecule has 2 amide bonds. The molecule has 1 fully saturated rings. The van der Waals surface area contributed by atoms with E-state index < -0.39 is 0 Å². The van der Waals surface area contributed by atoms with Crippen LogP contribution < -0.4 is 16.0 Å². The van der Waals surface area contributed by atoms with Crippen LogP contribution in [0.1, 0.15) is 20.3 Å². The smallest absolute Gasteiger partial charge is 0.224 e. The van der Waals surface area contributed by atoms with E-state index in [1.807, 2.05) is 30.0 Å². The van der Waals surface area contributed by atoms with Crippen LogP contribution in [0.4, 0.5) is 5.69 Å². The quantitative estimate of drug-likeness (QED) is 0.809. The summed E-state index contributed by atoms with van der Waals surface area (Å²) in [7, 11) is 0. The first-order chi connectivity index (χ1) is 11.5. The minimum atomic E-state index is -0.241. The molecule has 1 aromatic carbocycles. The molecule has 0 saturated carbocycles. The van der Waals surface area contributed by atoms with Crippen LogP contribution in [-0.2, 0) is 9.59 Å². The van der Waals surface area contributed by atoms with Gasteiger partial charge in [-0.15, -0.1) is 0 Å². The number of hydrogen-bond donors (Lipinski definition) is 2. The second-order valence-corrected chi connectivity index (χ2v) is 6.39. The van der Waals surface area contributed by atoms with Crippen molar-refractivity contribution in [1.29, 1.82) is 0 Å². The first kappa shape index (κ1) is 18.3. The van der Waals surface area contributed by atoms with Gasteiger partial charge in [-0.2, -0.15) is 0 Å². The van der Waals surface area contributed by atoms with Gasteiger partial charge in [0.05, 0.1) is 0 Å². The molecule has 0 spiro atoms. The predicted molar refractivity (Wildman–Crippen MR) is 95.7 cm³/mol. The second kappa shape index (κ2) is 8.68. The molecule has 132 valence electrons. The molecule has 6 heteroatoms. The molecule has 0 aromatic heterocycles. The van der Waals surface area contributed by atoms with Gasteiger partial charge in [-0.1, -0.05) is 25.1 Å². The van der Waals surface area contributed by atoms with E-state index >= 15 is 0 Å². The number of nitrogens with one attached hydrogen (secondary N) is 1. The lowest BCUT2D eigenvalue weighted by molar-refractivity contribution is -0.131. The monoisotopic (exact) mass is 332 g/mol. The lowest BCUT2D eigenvalue weighted by Gasteiger charge is -2.36. The number of benzene rings is 1. The van der Waals surface area contributed by atoms with Gasteiger partial charge in [0.25, 0.3) is 0 Å². The topological polar surface area (TPSA) is 78.7 Å². The number of carbonyl (C=O) groups is 2. The molecular weight excluding hydrogens is 304 g/mol. The summed E-state index contributed by atoms with van der Waals surface area (Å²) in [6.07, 6.45) is 0.336. The maximum atomic E-state index is 12.3. The van der Waals surface area contributed by atoms with Gasteiger partial charge in [-0.05, 0) is 19.1 Å². The highest BCUT2D eigenvalue weighted by molar-refractivity contribution is 5.80. The summed E-state index contributed by atoms with van der Waals surface area (Å²) in [6, 6.07) is 10.0. The minimum Gasteiger partial charge on any atom is -0.368 e. The van der Waals surface area contributed by atoms with Gasteiger partial charge in [-0.3, -0.25) is 9.59 Å². The summed E-state index contributed by atoms with van der Waals surface area (Å²) in [6.45, 7) is 7.09. The molecule has 6 nitrogen and oxygen atoms in total. The number of hydrogen-bond acceptors (Lipinski definition) is 4. The predicted octanol–water partition coefficient (Wildman–Crippen LogP) is 0.825. The number of piperazine rings is 1. The second-order valence-electron chi connectivity index (χ2n) is 6.39. The Balaban J connectivity index is 1.70. The zero-order chi connectivity index (χ0) is 17.5. The van der Waals surface area contributed by atoms with Gasteiger partial charge in [0.2, 0.25) is 11.8 Å². The maximum Gasteiger partial charge on any atom is 0.224 e. The van der Waals surface area contributed by atoms with Gasteiger partial charge in [0.1, 0.15) is 0 Å². The Morgan fingerprint density at radius 1 is 1.12 bits per heavy atom. The first-order valence-electron chi connectivity index (χ1n) is 8.60. The number of nitrogens with zero attached hydrogens (tertiary/aromatic N) is 2. The highest BCUT2D eigenvalue weighted by atomic mass is 16.2. The van der Waals surface area contributed by atoms with E-state index in [2.05, 4.69) is 22.3 Å². The Hall–Kier alpha value is -2.08. The van der Waals surface area contributed by atoms with Crippen molar-refractivity contribution in [2.75, 3.05) is 37.6 Å². The molecule has 24 heavy (non-hydrogen) atoms. The largest absolute Gasteiger partial charge is 0.368 e. The van der Waals surface area contributed by atoms with E-state index in [0.29, 0.717) is 13.0 Å². The van der Waals surface area contributed by atoms with Gasteiger partial charge >= 0.3 is 0 Å². The standard InChI is InChI=1S/C18H28N4O2/c1-14(15(2)19)18(24)20-9-8-17(23)22-12-10-21(11-13-22)16-6-4-3-5-7-16/h3-7,14-15H,8-13,19H2,1-2H3,(H,20,24). The number of para-hydroxylation sites is 1. The summed E-state index contributed by atoms with van der Waals surface area (Å²) in [5.41, 5.74) is 6.90. The number of amides is 2. The van der Waals surface area contributed by atoms with Gasteiger partial charge < -0.3 is 20.9 Å². The number of carbonyl (C=O) groups excluding carboxylic acids is 2. The van der Waals surface area contributed by atoms with Crippen LogP contribution in [0.25, 0.3) is 0 Å². The Labute approximate surface area is 144 Å². The highest BCUT2D eigenvalue weighted by Gasteiger charge is 2.21. The molecule has 3 N–H and O–H groups in total. The lowest BCUT2D eigenvalue weighted by Crippen LogP contribution is -2.49. The molecule has 1 heterocycles. The fraction of sp³-hybridized carbons (Fsp3) is 0.556. The fourth-order valence-electron chi connectivity index (χ4n) is 2.70. The average molecular weight is 332 g/mol. The zero-order valence-electron chi connectivity index (χ0n) is 14.6. The third-order valence-electron chi connectivity index (χ3n) is 4.59. The first-order valence-corrected chi connectivity index (χ1v) is 8.60. The van der Waals surface area contributed by atoms with Gasteiger partial charge in [0.15, 0.2) is 0 Å². The van der Waals surface area contributed by atoms with Crippen molar-refractivity contribution < 1.29 is 9.59 Å². The molecule has 0 aliphatic carbocycles. The van der Waals surface area contributed by atoms with Crippen LogP contribution >= 0.6 is 0 Å². The van der Waals surface area contributed by atoms with Crippen LogP contribution in [0, 0.1) is 5.92 Å². The molecule has 2 rings (SSSR count). The lowest BCUT2D eigenvalue weighted by atomic mass is 10.0. The molecule has 0 radical (unpaired) electrons. The van der Waals surface area contributed by atoms with Crippen molar-refractivity contribution in [3.05, 3.63) is 30.3 Å². The van der Waals surface area contributed by atoms with E-state index in [1.54, 1.807) is 6.92 Å². The third-order valence-corrected chi connectivity index (χ3v) is 4.59. The Morgan fingerprint density at radius 3 is 2.33 bits per heavy atom. The maximum absolute atomic E-state index is 12.3. The summed E-state index contributed by atoms with van der Waals surface area (Å²) in [4.78, 5) is 28.2. The van der Waals surface area contributed by atoms with E-state index in [9.17, 15) is 9.59 Å². The van der Waals surface area contributed by atoms with E-state index in [1.165, 1.54) is 5.69 Å². The van der Waals surface area contributed by atoms with Crippen molar-refractivity contribution in [3.63, 3.8) is 0 Å². The summed E-state index contributed by atoms with van der Waals surface area (Å²) < 4.78 is 0. The van der Waals surface area contributed by atoms with Crippen LogP contribution in [0.15, 0.2) is 30.3 Å². The van der Waals surface area contributed by atoms with Crippen LogP contribution in [0.2, 0.25) is 0 Å². The molecule has 1 aliphatic heterocycles. The van der Waals surface area contributed by atoms with Crippen LogP contribution in [0.3, 0.4) is 0 Å². The van der Waals surface area contributed by atoms with E-state index in [-0.39, 0.29) is 23.8 Å². The normalized spacial score (nSPS) is 17.3. The Kier molecular flexibility index (Phi) is 6.61. The molecule has 1 saturated heterocycles. The summed E-state index contributed by atoms with van der Waals surface area (Å²) >= 11 is 0. The average Bonchev–Trinajstić information content (AvgIpc) is 2.61. The fourth-order valence-corrected chi connectivity index (χ4v) is 2.70. The van der Waals surface area contributed by atoms with Crippen molar-refractivity contribution in [2.45, 2.75) is 26.3 Å². The van der Waals surface area contributed by atoms with E-state index in [4.69, 9.17) is 5.73 Å². The SMILES string of the molecule is CC(N)C(C)C(=O)NCCC(=O)N1CCN(c2ccccc2)CC1. The highest BCUT2D eigenvalue weighted by Crippen LogP contribution is 2.15. The van der Waals surface area contributed by atoms with E-state index in [0.717, 1.165) is 26.2 Å². The van der Waals surface area contributed by atoms with Gasteiger partial charge in [0, 0.05) is 56.8 Å². The zero-order valence-corrected chi connectivity index (χ0v) is 14.6. The molecule has 2 atom stereocenters. The molecule has 2 unspecified atom stereocenters. The Bertz CT molecular complexity index is 539. The molecule has 0 bridgehead atoms. The summed E-state index contributed by atoms with van der Waals surface area (Å²) in [5.74, 6) is -0.238. The Morgan fingerprint density at radius 2 is 1.75 bits per heavy atom. The number of nitrogens with two attached hydrogens (primary N) is 1. The molecule has 1 aliphatic rings. The van der Waals surface area contributed by atoms with Crippen molar-refractivity contribution in [1.82, 2.24) is 10.2 Å². The number of anilines is 1. The van der Waals surface area contributed by atoms with Crippen molar-refractivity contribution in [3.8, 4) is 0 Å². The van der Waals surface area contributed by atoms with Gasteiger partial charge in [-0.25, -0.2) is 0 Å². The molecule has 1 aromatic rings. The van der Waals surface area contributed by atoms with Crippen LogP contribution in [-0.4, -0.2) is 55.5 Å². The van der Waals surface area contributed by atoms with Crippen molar-refractivity contribution in [2.24, 2.45) is 11.7 Å². The number of rotatable bonds is 6. The third kappa shape index (κ3) is 4.96. The summed E-state index contributed by atoms with van der Waals surface area (Å²) in [5, 5.41) is 2.79. The van der Waals surface area contributed by atoms with Crippen LogP contribution in [0.5, 0.6) is 0 Å².